The first-order valence-corrected chi connectivity index (χ1v) is 5.98. The Hall–Kier alpha value is -0.900. The topological polar surface area (TPSA) is 23.6 Å². The van der Waals surface area contributed by atoms with Crippen molar-refractivity contribution in [2.24, 2.45) is 5.92 Å². The van der Waals surface area contributed by atoms with Crippen LogP contribution in [-0.2, 0) is 0 Å². The van der Waals surface area contributed by atoms with Gasteiger partial charge in [-0.1, -0.05) is 26.1 Å². The molecule has 0 amide bonds. The summed E-state index contributed by atoms with van der Waals surface area (Å²) in [4.78, 5) is 15.6. The maximum absolute atomic E-state index is 11.7. The van der Waals surface area contributed by atoms with Crippen molar-refractivity contribution in [3.63, 3.8) is 0 Å². The van der Waals surface area contributed by atoms with E-state index in [-0.39, 0.29) is 5.43 Å². The van der Waals surface area contributed by atoms with E-state index in [2.05, 4.69) is 13.8 Å². The first kappa shape index (κ1) is 13.2. The van der Waals surface area contributed by atoms with Gasteiger partial charge in [0.05, 0.1) is 5.69 Å². The second-order valence-corrected chi connectivity index (χ2v) is 5.26. The average Bonchev–Trinajstić information content (AvgIpc) is 2.20. The summed E-state index contributed by atoms with van der Waals surface area (Å²) in [6, 6.07) is 0. The Labute approximate surface area is 102 Å². The van der Waals surface area contributed by atoms with Crippen molar-refractivity contribution in [1.82, 2.24) is 0 Å². The summed E-state index contributed by atoms with van der Waals surface area (Å²) in [5, 5.41) is 0. The van der Waals surface area contributed by atoms with E-state index in [4.69, 9.17) is 12.2 Å². The Bertz CT molecular complexity index is 430. The third-order valence-corrected chi connectivity index (χ3v) is 3.11. The van der Waals surface area contributed by atoms with Crippen molar-refractivity contribution < 1.29 is 0 Å². The molecule has 3 nitrogen and oxygen atoms in total. The first-order valence-electron chi connectivity index (χ1n) is 5.58. The molecule has 0 fully saturated rings. The number of anilines is 2. The molecule has 4 heteroatoms. The van der Waals surface area contributed by atoms with E-state index in [1.54, 1.807) is 0 Å². The van der Waals surface area contributed by atoms with Crippen LogP contribution in [0.15, 0.2) is 4.79 Å². The van der Waals surface area contributed by atoms with Crippen molar-refractivity contribution in [1.29, 1.82) is 0 Å². The van der Waals surface area contributed by atoms with E-state index in [0.717, 1.165) is 24.3 Å². The van der Waals surface area contributed by atoms with Gasteiger partial charge >= 0.3 is 0 Å². The number of hydrogen-bond donors (Lipinski definition) is 0. The summed E-state index contributed by atoms with van der Waals surface area (Å²) in [7, 11) is 5.80. The largest absolute Gasteiger partial charge is 0.375 e. The predicted molar refractivity (Wildman–Crippen MR) is 73.0 cm³/mol. The minimum atomic E-state index is 0.0185. The van der Waals surface area contributed by atoms with Crippen molar-refractivity contribution >= 4 is 23.6 Å². The maximum atomic E-state index is 11.7. The van der Waals surface area contributed by atoms with Gasteiger partial charge in [0.25, 0.3) is 0 Å². The van der Waals surface area contributed by atoms with Crippen LogP contribution in [0.2, 0.25) is 0 Å². The van der Waals surface area contributed by atoms with Gasteiger partial charge in [0.1, 0.15) is 10.2 Å². The maximum Gasteiger partial charge on any atom is 0.224 e. The molecule has 0 aliphatic carbocycles. The van der Waals surface area contributed by atoms with Gasteiger partial charge in [-0.2, -0.15) is 0 Å². The van der Waals surface area contributed by atoms with E-state index in [1.807, 2.05) is 30.9 Å². The summed E-state index contributed by atoms with van der Waals surface area (Å²) in [6.45, 7) is 5.27. The van der Waals surface area contributed by atoms with Gasteiger partial charge in [-0.15, -0.1) is 0 Å². The molecular weight excluding hydrogens is 220 g/mol. The molecule has 0 aromatic heterocycles. The quantitative estimate of drug-likeness (QED) is 0.736. The van der Waals surface area contributed by atoms with Gasteiger partial charge in [0.2, 0.25) is 5.43 Å². The molecule has 0 saturated carbocycles. The van der Waals surface area contributed by atoms with Crippen LogP contribution in [0, 0.1) is 10.4 Å². The summed E-state index contributed by atoms with van der Waals surface area (Å²) in [5.74, 6) is 0.646. The lowest BCUT2D eigenvalue weighted by molar-refractivity contribution is 0.584. The summed E-state index contributed by atoms with van der Waals surface area (Å²) in [5.41, 5.74) is 1.70. The van der Waals surface area contributed by atoms with E-state index >= 15 is 0 Å². The van der Waals surface area contributed by atoms with Gasteiger partial charge in [-0.25, -0.2) is 0 Å². The van der Waals surface area contributed by atoms with Crippen LogP contribution in [-0.4, -0.2) is 27.7 Å². The molecule has 1 rings (SSSR count). The van der Waals surface area contributed by atoms with Crippen LogP contribution in [0.3, 0.4) is 0 Å². The molecule has 0 saturated heterocycles. The van der Waals surface area contributed by atoms with Crippen LogP contribution in [0.5, 0.6) is 0 Å². The summed E-state index contributed by atoms with van der Waals surface area (Å²) >= 11 is 5.06. The monoisotopic (exact) mass is 240 g/mol. The van der Waals surface area contributed by atoms with E-state index in [1.165, 1.54) is 0 Å². The van der Waals surface area contributed by atoms with Gasteiger partial charge < -0.3 is 9.80 Å². The highest BCUT2D eigenvalue weighted by atomic mass is 32.1. The molecule has 0 spiro atoms. The Morgan fingerprint density at radius 3 is 2.19 bits per heavy atom. The summed E-state index contributed by atoms with van der Waals surface area (Å²) in [6.07, 6.45) is 1.08. The lowest BCUT2D eigenvalue weighted by Crippen LogP contribution is -2.33. The molecule has 0 heterocycles. The molecule has 0 aliphatic heterocycles. The lowest BCUT2D eigenvalue weighted by Gasteiger charge is -2.27. The minimum Gasteiger partial charge on any atom is -0.375 e. The molecule has 90 valence electrons. The molecule has 0 atom stereocenters. The third kappa shape index (κ3) is 2.43. The highest BCUT2D eigenvalue weighted by Gasteiger charge is 2.22. The Morgan fingerprint density at radius 2 is 1.75 bits per heavy atom. The standard InChI is InChI=1S/C12H20N2OS/c1-8(2)6-7-14(5)9-10(13(3)4)12(16)11(9)15/h8H,6-7H2,1-5H3. The predicted octanol–water partition coefficient (Wildman–Crippen LogP) is 2.20. The van der Waals surface area contributed by atoms with Gasteiger partial charge in [-0.3, -0.25) is 4.79 Å². The van der Waals surface area contributed by atoms with Crippen LogP contribution in [0.25, 0.3) is 0 Å². The Kier molecular flexibility index (Phi) is 4.08. The number of hydrogen-bond acceptors (Lipinski definition) is 4. The minimum absolute atomic E-state index is 0.0185. The van der Waals surface area contributed by atoms with Crippen molar-refractivity contribution in [2.75, 3.05) is 37.5 Å². The zero-order valence-electron chi connectivity index (χ0n) is 10.7. The Morgan fingerprint density at radius 1 is 1.19 bits per heavy atom. The summed E-state index contributed by atoms with van der Waals surface area (Å²) < 4.78 is 0.469. The highest BCUT2D eigenvalue weighted by molar-refractivity contribution is 7.71. The van der Waals surface area contributed by atoms with Crippen molar-refractivity contribution in [2.45, 2.75) is 20.3 Å². The van der Waals surface area contributed by atoms with E-state index in [0.29, 0.717) is 10.4 Å². The smallest absolute Gasteiger partial charge is 0.224 e. The van der Waals surface area contributed by atoms with Gasteiger partial charge in [0.15, 0.2) is 0 Å². The second-order valence-electron chi connectivity index (χ2n) is 4.85. The zero-order chi connectivity index (χ0) is 12.5. The SMILES string of the molecule is CC(C)CCN(C)c1c(N(C)C)c(=S)c1=O. The molecule has 0 radical (unpaired) electrons. The molecule has 0 bridgehead atoms. The van der Waals surface area contributed by atoms with Crippen LogP contribution >= 0.6 is 12.2 Å². The molecule has 0 unspecified atom stereocenters. The fourth-order valence-corrected chi connectivity index (χ4v) is 2.08. The second kappa shape index (κ2) is 4.95. The third-order valence-electron chi connectivity index (χ3n) is 2.73. The highest BCUT2D eigenvalue weighted by Crippen LogP contribution is 2.28. The van der Waals surface area contributed by atoms with Gasteiger partial charge in [-0.05, 0) is 12.3 Å². The molecule has 0 aliphatic rings. The molecule has 1 aromatic rings. The normalized spacial score (nSPS) is 11.1. The van der Waals surface area contributed by atoms with Crippen LogP contribution in [0.4, 0.5) is 11.4 Å². The fourth-order valence-electron chi connectivity index (χ4n) is 1.70. The molecule has 1 aromatic carbocycles. The van der Waals surface area contributed by atoms with Gasteiger partial charge in [0, 0.05) is 27.7 Å². The average molecular weight is 240 g/mol. The van der Waals surface area contributed by atoms with Crippen molar-refractivity contribution in [3.05, 3.63) is 14.7 Å². The fraction of sp³-hybridized carbons (Fsp3) is 0.667. The molecular formula is C12H20N2OS. The number of rotatable bonds is 5. The molecule has 16 heavy (non-hydrogen) atoms. The lowest BCUT2D eigenvalue weighted by atomic mass is 10.1. The van der Waals surface area contributed by atoms with Crippen LogP contribution in [0.1, 0.15) is 20.3 Å². The Balaban J connectivity index is 2.84. The van der Waals surface area contributed by atoms with E-state index < -0.39 is 0 Å². The number of nitrogens with zero attached hydrogens (tertiary/aromatic N) is 2. The van der Waals surface area contributed by atoms with Crippen molar-refractivity contribution in [3.8, 4) is 0 Å². The first-order chi connectivity index (χ1) is 7.36. The van der Waals surface area contributed by atoms with Crippen LogP contribution < -0.4 is 15.2 Å². The van der Waals surface area contributed by atoms with E-state index in [9.17, 15) is 4.79 Å². The molecule has 0 N–H and O–H groups in total. The zero-order valence-corrected chi connectivity index (χ0v) is 11.5.